The molecule has 25 heavy (non-hydrogen) atoms. The Morgan fingerprint density at radius 1 is 1.28 bits per heavy atom. The normalized spacial score (nSPS) is 12.4. The Balaban J connectivity index is 1.66. The number of rotatable bonds is 4. The van der Waals surface area contributed by atoms with Crippen molar-refractivity contribution in [2.75, 3.05) is 0 Å². The smallest absolute Gasteiger partial charge is 0.315 e. The first-order valence-electron chi connectivity index (χ1n) is 8.40. The van der Waals surface area contributed by atoms with Gasteiger partial charge < -0.3 is 15.1 Å². The van der Waals surface area contributed by atoms with Crippen LogP contribution in [-0.2, 0) is 13.6 Å². The van der Waals surface area contributed by atoms with E-state index in [4.69, 9.17) is 4.42 Å². The van der Waals surface area contributed by atoms with Crippen LogP contribution in [0.25, 0.3) is 11.0 Å². The summed E-state index contributed by atoms with van der Waals surface area (Å²) in [6.45, 7) is 8.32. The van der Waals surface area contributed by atoms with Crippen LogP contribution >= 0.6 is 0 Å². The second-order valence-electron chi connectivity index (χ2n) is 6.41. The molecule has 0 spiro atoms. The van der Waals surface area contributed by atoms with Gasteiger partial charge in [-0.05, 0) is 33.8 Å². The Kier molecular flexibility index (Phi) is 4.53. The molecule has 1 atom stereocenters. The lowest BCUT2D eigenvalue weighted by Gasteiger charge is -2.13. The average molecular weight is 340 g/mol. The van der Waals surface area contributed by atoms with Crippen molar-refractivity contribution in [2.24, 2.45) is 7.05 Å². The zero-order chi connectivity index (χ0) is 18.1. The van der Waals surface area contributed by atoms with Gasteiger partial charge in [0.2, 0.25) is 0 Å². The van der Waals surface area contributed by atoms with Crippen LogP contribution in [0.4, 0.5) is 4.79 Å². The molecule has 2 N–H and O–H groups in total. The molecule has 132 valence electrons. The minimum atomic E-state index is -0.227. The molecular weight excluding hydrogens is 316 g/mol. The Morgan fingerprint density at radius 2 is 2.00 bits per heavy atom. The maximum atomic E-state index is 12.3. The van der Waals surface area contributed by atoms with E-state index in [1.54, 1.807) is 0 Å². The van der Waals surface area contributed by atoms with Crippen LogP contribution in [0, 0.1) is 20.8 Å². The zero-order valence-corrected chi connectivity index (χ0v) is 15.3. The van der Waals surface area contributed by atoms with E-state index >= 15 is 0 Å². The topological polar surface area (TPSA) is 72.1 Å². The number of benzene rings is 1. The number of urea groups is 1. The van der Waals surface area contributed by atoms with Crippen LogP contribution in [-0.4, -0.2) is 15.8 Å². The quantitative estimate of drug-likeness (QED) is 0.761. The summed E-state index contributed by atoms with van der Waals surface area (Å²) in [6.07, 6.45) is 0. The highest BCUT2D eigenvalue weighted by Gasteiger charge is 2.18. The number of nitrogens with one attached hydrogen (secondary N) is 2. The van der Waals surface area contributed by atoms with Crippen LogP contribution in [0.1, 0.15) is 41.2 Å². The SMILES string of the molecule is Cc1nn(C)c(C)c1CNC(=O)N[C@H](C)c1oc2ccccc2c1C. The van der Waals surface area contributed by atoms with E-state index in [2.05, 4.69) is 15.7 Å². The zero-order valence-electron chi connectivity index (χ0n) is 15.3. The van der Waals surface area contributed by atoms with E-state index in [9.17, 15) is 4.79 Å². The number of nitrogens with zero attached hydrogens (tertiary/aromatic N) is 2. The molecule has 0 saturated heterocycles. The highest BCUT2D eigenvalue weighted by atomic mass is 16.3. The summed E-state index contributed by atoms with van der Waals surface area (Å²) in [4.78, 5) is 12.3. The number of carbonyl (C=O) groups excluding carboxylic acids is 1. The van der Waals surface area contributed by atoms with E-state index in [0.29, 0.717) is 6.54 Å². The Hall–Kier alpha value is -2.76. The van der Waals surface area contributed by atoms with Gasteiger partial charge >= 0.3 is 6.03 Å². The predicted molar refractivity (Wildman–Crippen MR) is 97.4 cm³/mol. The Morgan fingerprint density at radius 3 is 2.64 bits per heavy atom. The molecule has 0 saturated carbocycles. The Bertz CT molecular complexity index is 923. The van der Waals surface area contributed by atoms with Crippen molar-refractivity contribution >= 4 is 17.0 Å². The maximum Gasteiger partial charge on any atom is 0.315 e. The molecule has 6 nitrogen and oxygen atoms in total. The van der Waals surface area contributed by atoms with Crippen LogP contribution in [0.15, 0.2) is 28.7 Å². The molecule has 0 radical (unpaired) electrons. The second-order valence-corrected chi connectivity index (χ2v) is 6.41. The largest absolute Gasteiger partial charge is 0.459 e. The van der Waals surface area contributed by atoms with Gasteiger partial charge in [-0.2, -0.15) is 5.10 Å². The number of fused-ring (bicyclic) bond motifs is 1. The fraction of sp³-hybridized carbons (Fsp3) is 0.368. The first kappa shape index (κ1) is 17.1. The van der Waals surface area contributed by atoms with Gasteiger partial charge in [0.1, 0.15) is 11.3 Å². The molecule has 1 aromatic carbocycles. The summed E-state index contributed by atoms with van der Waals surface area (Å²) >= 11 is 0. The van der Waals surface area contributed by atoms with E-state index in [1.165, 1.54) is 0 Å². The van der Waals surface area contributed by atoms with Gasteiger partial charge in [-0.3, -0.25) is 4.68 Å². The lowest BCUT2D eigenvalue weighted by molar-refractivity contribution is 0.236. The summed E-state index contributed by atoms with van der Waals surface area (Å²) in [7, 11) is 1.90. The van der Waals surface area contributed by atoms with Gasteiger partial charge in [0, 0.05) is 35.8 Å². The molecule has 2 heterocycles. The van der Waals surface area contributed by atoms with Crippen LogP contribution in [0.2, 0.25) is 0 Å². The van der Waals surface area contributed by atoms with E-state index in [1.807, 2.05) is 63.7 Å². The minimum Gasteiger partial charge on any atom is -0.459 e. The molecule has 0 aliphatic carbocycles. The molecule has 2 amide bonds. The van der Waals surface area contributed by atoms with E-state index in [-0.39, 0.29) is 12.1 Å². The third-order valence-electron chi connectivity index (χ3n) is 4.71. The number of para-hydroxylation sites is 1. The van der Waals surface area contributed by atoms with Crippen molar-refractivity contribution in [1.29, 1.82) is 0 Å². The van der Waals surface area contributed by atoms with Gasteiger partial charge in [-0.15, -0.1) is 0 Å². The molecule has 0 aliphatic heterocycles. The van der Waals surface area contributed by atoms with Gasteiger partial charge in [-0.1, -0.05) is 18.2 Å². The van der Waals surface area contributed by atoms with Crippen molar-refractivity contribution in [3.63, 3.8) is 0 Å². The van der Waals surface area contributed by atoms with Gasteiger partial charge in [0.05, 0.1) is 11.7 Å². The first-order chi connectivity index (χ1) is 11.9. The third kappa shape index (κ3) is 3.24. The van der Waals surface area contributed by atoms with Crippen molar-refractivity contribution in [2.45, 2.75) is 40.3 Å². The van der Waals surface area contributed by atoms with Crippen molar-refractivity contribution < 1.29 is 9.21 Å². The number of aryl methyl sites for hydroxylation is 3. The molecule has 0 unspecified atom stereocenters. The molecule has 0 bridgehead atoms. The summed E-state index contributed by atoms with van der Waals surface area (Å²) in [5.41, 5.74) is 4.93. The van der Waals surface area contributed by atoms with E-state index in [0.717, 1.165) is 39.2 Å². The molecular formula is C19H24N4O2. The standard InChI is InChI=1S/C19H24N4O2/c1-11-15-8-6-7-9-17(15)25-18(11)13(3)21-19(24)20-10-16-12(2)22-23(5)14(16)4/h6-9,13H,10H2,1-5H3,(H2,20,21,24)/t13-/m1/s1. The summed E-state index contributed by atoms with van der Waals surface area (Å²) < 4.78 is 7.73. The third-order valence-corrected chi connectivity index (χ3v) is 4.71. The highest BCUT2D eigenvalue weighted by molar-refractivity contribution is 5.82. The number of amides is 2. The fourth-order valence-corrected chi connectivity index (χ4v) is 3.16. The molecule has 0 fully saturated rings. The monoisotopic (exact) mass is 340 g/mol. The second kappa shape index (κ2) is 6.63. The van der Waals surface area contributed by atoms with Gasteiger partial charge in [0.15, 0.2) is 0 Å². The summed E-state index contributed by atoms with van der Waals surface area (Å²) in [5, 5.41) is 11.3. The molecule has 3 aromatic rings. The predicted octanol–water partition coefficient (Wildman–Crippen LogP) is 3.65. The average Bonchev–Trinajstić information content (AvgIpc) is 3.03. The Labute approximate surface area is 147 Å². The lowest BCUT2D eigenvalue weighted by Crippen LogP contribution is -2.36. The maximum absolute atomic E-state index is 12.3. The lowest BCUT2D eigenvalue weighted by atomic mass is 10.1. The van der Waals surface area contributed by atoms with Crippen LogP contribution in [0.5, 0.6) is 0 Å². The molecule has 3 rings (SSSR count). The van der Waals surface area contributed by atoms with Crippen molar-refractivity contribution in [3.8, 4) is 0 Å². The molecule has 6 heteroatoms. The number of furan rings is 1. The fourth-order valence-electron chi connectivity index (χ4n) is 3.16. The summed E-state index contributed by atoms with van der Waals surface area (Å²) in [6, 6.07) is 7.44. The number of carbonyl (C=O) groups is 1. The van der Waals surface area contributed by atoms with Crippen molar-refractivity contribution in [3.05, 3.63) is 52.5 Å². The molecule has 0 aliphatic rings. The summed E-state index contributed by atoms with van der Waals surface area (Å²) in [5.74, 6) is 0.782. The number of hydrogen-bond acceptors (Lipinski definition) is 3. The minimum absolute atomic E-state index is 0.219. The highest BCUT2D eigenvalue weighted by Crippen LogP contribution is 2.29. The number of hydrogen-bond donors (Lipinski definition) is 2. The molecule has 2 aromatic heterocycles. The van der Waals surface area contributed by atoms with Gasteiger partial charge in [-0.25, -0.2) is 4.79 Å². The first-order valence-corrected chi connectivity index (χ1v) is 8.40. The van der Waals surface area contributed by atoms with Crippen LogP contribution < -0.4 is 10.6 Å². The van der Waals surface area contributed by atoms with Crippen molar-refractivity contribution in [1.82, 2.24) is 20.4 Å². The van der Waals surface area contributed by atoms with E-state index < -0.39 is 0 Å². The van der Waals surface area contributed by atoms with Gasteiger partial charge in [0.25, 0.3) is 0 Å². The van der Waals surface area contributed by atoms with Crippen LogP contribution in [0.3, 0.4) is 0 Å². The number of aromatic nitrogens is 2.